The molecule has 0 fully saturated rings. The second kappa shape index (κ2) is 5.72. The van der Waals surface area contributed by atoms with Crippen LogP contribution in [0.3, 0.4) is 0 Å². The highest BCUT2D eigenvalue weighted by molar-refractivity contribution is 9.10. The lowest BCUT2D eigenvalue weighted by molar-refractivity contribution is 0.172. The Hall–Kier alpha value is -1.07. The molecule has 1 unspecified atom stereocenters. The Morgan fingerprint density at radius 2 is 2.40 bits per heavy atom. The van der Waals surface area contributed by atoms with Crippen molar-refractivity contribution in [3.63, 3.8) is 0 Å². The van der Waals surface area contributed by atoms with E-state index in [0.29, 0.717) is 5.75 Å². The summed E-state index contributed by atoms with van der Waals surface area (Å²) >= 11 is 3.26. The Labute approximate surface area is 96.4 Å². The summed E-state index contributed by atoms with van der Waals surface area (Å²) in [5, 5.41) is 11.4. The third-order valence-corrected chi connectivity index (χ3v) is 2.04. The van der Waals surface area contributed by atoms with Crippen LogP contribution in [-0.4, -0.2) is 23.8 Å². The van der Waals surface area contributed by atoms with E-state index in [1.165, 1.54) is 0 Å². The van der Waals surface area contributed by atoms with Crippen LogP contribution in [0.4, 0.5) is 4.79 Å². The summed E-state index contributed by atoms with van der Waals surface area (Å²) in [5.74, 6) is 0.451. The smallest absolute Gasteiger partial charge is 0.410 e. The largest absolute Gasteiger partial charge is 0.412 e. The maximum atomic E-state index is 11.2. The molecule has 1 aromatic rings. The first-order valence-electron chi connectivity index (χ1n) is 4.47. The predicted octanol–water partition coefficient (Wildman–Crippen LogP) is 1.92. The molecule has 0 bridgehead atoms. The molecule has 15 heavy (non-hydrogen) atoms. The minimum atomic E-state index is -0.583. The van der Waals surface area contributed by atoms with Gasteiger partial charge in [0.25, 0.3) is 0 Å². The normalized spacial score (nSPS) is 11.9. The Kier molecular flexibility index (Phi) is 4.58. The van der Waals surface area contributed by atoms with Crippen molar-refractivity contribution in [3.05, 3.63) is 28.7 Å². The summed E-state index contributed by atoms with van der Waals surface area (Å²) in [6.07, 6.45) is -1.16. The number of hydrogen-bond acceptors (Lipinski definition) is 3. The number of halogens is 1. The third kappa shape index (κ3) is 4.80. The lowest BCUT2D eigenvalue weighted by atomic mass is 10.3. The topological polar surface area (TPSA) is 58.6 Å². The van der Waals surface area contributed by atoms with E-state index in [2.05, 4.69) is 21.2 Å². The van der Waals surface area contributed by atoms with Crippen molar-refractivity contribution in [2.45, 2.75) is 13.0 Å². The highest BCUT2D eigenvalue weighted by atomic mass is 79.9. The van der Waals surface area contributed by atoms with Crippen molar-refractivity contribution in [2.75, 3.05) is 6.54 Å². The van der Waals surface area contributed by atoms with Gasteiger partial charge in [-0.25, -0.2) is 4.79 Å². The zero-order valence-electron chi connectivity index (χ0n) is 8.24. The Morgan fingerprint density at radius 1 is 1.67 bits per heavy atom. The number of hydrogen-bond donors (Lipinski definition) is 2. The van der Waals surface area contributed by atoms with Gasteiger partial charge < -0.3 is 15.2 Å². The van der Waals surface area contributed by atoms with Gasteiger partial charge in [-0.15, -0.1) is 0 Å². The SMILES string of the molecule is CC(O)CNC(=O)Oc1cccc(Br)c1. The van der Waals surface area contributed by atoms with E-state index in [1.807, 2.05) is 6.07 Å². The number of benzene rings is 1. The van der Waals surface area contributed by atoms with Crippen molar-refractivity contribution < 1.29 is 14.6 Å². The van der Waals surface area contributed by atoms with E-state index in [4.69, 9.17) is 9.84 Å². The average Bonchev–Trinajstić information content (AvgIpc) is 2.15. The summed E-state index contributed by atoms with van der Waals surface area (Å²) in [4.78, 5) is 11.2. The molecule has 82 valence electrons. The van der Waals surface area contributed by atoms with Crippen molar-refractivity contribution >= 4 is 22.0 Å². The molecule has 4 nitrogen and oxygen atoms in total. The molecule has 0 aliphatic rings. The molecule has 0 spiro atoms. The molecule has 0 aliphatic heterocycles. The Bertz CT molecular complexity index is 341. The van der Waals surface area contributed by atoms with Crippen molar-refractivity contribution in [1.29, 1.82) is 0 Å². The number of carbonyl (C=O) groups is 1. The molecule has 1 aromatic carbocycles. The van der Waals surface area contributed by atoms with Crippen LogP contribution in [0.25, 0.3) is 0 Å². The number of nitrogens with one attached hydrogen (secondary N) is 1. The van der Waals surface area contributed by atoms with Crippen LogP contribution >= 0.6 is 15.9 Å². The van der Waals surface area contributed by atoms with Gasteiger partial charge in [0.15, 0.2) is 0 Å². The highest BCUT2D eigenvalue weighted by Crippen LogP contribution is 2.17. The van der Waals surface area contributed by atoms with Gasteiger partial charge in [-0.3, -0.25) is 0 Å². The summed E-state index contributed by atoms with van der Waals surface area (Å²) in [5.41, 5.74) is 0. The molecule has 0 aromatic heterocycles. The molecule has 0 radical (unpaired) electrons. The first-order valence-corrected chi connectivity index (χ1v) is 5.26. The van der Waals surface area contributed by atoms with Gasteiger partial charge in [0.1, 0.15) is 5.75 Å². The van der Waals surface area contributed by atoms with E-state index < -0.39 is 12.2 Å². The van der Waals surface area contributed by atoms with Crippen LogP contribution in [-0.2, 0) is 0 Å². The van der Waals surface area contributed by atoms with Crippen molar-refractivity contribution in [2.24, 2.45) is 0 Å². The van der Waals surface area contributed by atoms with Crippen LogP contribution in [0, 0.1) is 0 Å². The molecule has 0 heterocycles. The first-order chi connectivity index (χ1) is 7.08. The number of carbonyl (C=O) groups excluding carboxylic acids is 1. The van der Waals surface area contributed by atoms with E-state index >= 15 is 0 Å². The minimum Gasteiger partial charge on any atom is -0.410 e. The second-order valence-corrected chi connectivity index (χ2v) is 3.99. The number of aliphatic hydroxyl groups excluding tert-OH is 1. The fraction of sp³-hybridized carbons (Fsp3) is 0.300. The van der Waals surface area contributed by atoms with E-state index in [9.17, 15) is 4.79 Å². The van der Waals surface area contributed by atoms with E-state index in [-0.39, 0.29) is 6.54 Å². The molecule has 1 rings (SSSR count). The third-order valence-electron chi connectivity index (χ3n) is 1.55. The Morgan fingerprint density at radius 3 is 3.00 bits per heavy atom. The molecule has 5 heteroatoms. The maximum absolute atomic E-state index is 11.2. The molecular weight excluding hydrogens is 262 g/mol. The highest BCUT2D eigenvalue weighted by Gasteiger charge is 2.05. The predicted molar refractivity (Wildman–Crippen MR) is 59.8 cm³/mol. The Balaban J connectivity index is 2.44. The van der Waals surface area contributed by atoms with Gasteiger partial charge in [-0.1, -0.05) is 22.0 Å². The molecule has 1 atom stereocenters. The molecule has 0 saturated heterocycles. The zero-order chi connectivity index (χ0) is 11.3. The lowest BCUT2D eigenvalue weighted by Crippen LogP contribution is -2.32. The van der Waals surface area contributed by atoms with Gasteiger partial charge in [0.2, 0.25) is 0 Å². The number of amides is 1. The van der Waals surface area contributed by atoms with E-state index in [0.717, 1.165) is 4.47 Å². The van der Waals surface area contributed by atoms with Gasteiger partial charge in [-0.2, -0.15) is 0 Å². The monoisotopic (exact) mass is 273 g/mol. The average molecular weight is 274 g/mol. The van der Waals surface area contributed by atoms with Crippen LogP contribution in [0.2, 0.25) is 0 Å². The van der Waals surface area contributed by atoms with Crippen LogP contribution in [0.1, 0.15) is 6.92 Å². The second-order valence-electron chi connectivity index (χ2n) is 3.08. The molecular formula is C10H12BrNO3. The maximum Gasteiger partial charge on any atom is 0.412 e. The van der Waals surface area contributed by atoms with Crippen molar-refractivity contribution in [1.82, 2.24) is 5.32 Å². The number of ether oxygens (including phenoxy) is 1. The number of rotatable bonds is 3. The minimum absolute atomic E-state index is 0.173. The molecule has 0 saturated carbocycles. The fourth-order valence-electron chi connectivity index (χ4n) is 0.905. The van der Waals surface area contributed by atoms with Gasteiger partial charge in [-0.05, 0) is 25.1 Å². The zero-order valence-corrected chi connectivity index (χ0v) is 9.82. The fourth-order valence-corrected chi connectivity index (χ4v) is 1.28. The molecule has 2 N–H and O–H groups in total. The summed E-state index contributed by atoms with van der Waals surface area (Å²) < 4.78 is 5.79. The molecule has 1 amide bonds. The molecule has 0 aliphatic carbocycles. The summed E-state index contributed by atoms with van der Waals surface area (Å²) in [6, 6.07) is 6.95. The van der Waals surface area contributed by atoms with Gasteiger partial charge in [0.05, 0.1) is 6.10 Å². The summed E-state index contributed by atoms with van der Waals surface area (Å²) in [7, 11) is 0. The van der Waals surface area contributed by atoms with Crippen LogP contribution in [0.5, 0.6) is 5.75 Å². The summed E-state index contributed by atoms with van der Waals surface area (Å²) in [6.45, 7) is 1.76. The lowest BCUT2D eigenvalue weighted by Gasteiger charge is -2.07. The van der Waals surface area contributed by atoms with Crippen molar-refractivity contribution in [3.8, 4) is 5.75 Å². The standard InChI is InChI=1S/C10H12BrNO3/c1-7(13)6-12-10(14)15-9-4-2-3-8(11)5-9/h2-5,7,13H,6H2,1H3,(H,12,14). The quantitative estimate of drug-likeness (QED) is 0.885. The number of aliphatic hydroxyl groups is 1. The van der Waals surface area contributed by atoms with Gasteiger partial charge in [0, 0.05) is 11.0 Å². The van der Waals surface area contributed by atoms with E-state index in [1.54, 1.807) is 25.1 Å². The van der Waals surface area contributed by atoms with Crippen LogP contribution in [0.15, 0.2) is 28.7 Å². The van der Waals surface area contributed by atoms with Gasteiger partial charge >= 0.3 is 6.09 Å². The first kappa shape index (κ1) is 12.0. The van der Waals surface area contributed by atoms with Crippen LogP contribution < -0.4 is 10.1 Å².